The van der Waals surface area contributed by atoms with E-state index < -0.39 is 0 Å². The van der Waals surface area contributed by atoms with Crippen molar-refractivity contribution in [3.8, 4) is 0 Å². The molecule has 0 heterocycles. The first-order chi connectivity index (χ1) is 9.69. The summed E-state index contributed by atoms with van der Waals surface area (Å²) in [5.41, 5.74) is 2.76. The van der Waals surface area contributed by atoms with E-state index in [1.54, 1.807) is 6.07 Å². The first kappa shape index (κ1) is 14.7. The number of aliphatic hydroxyl groups is 1. The minimum absolute atomic E-state index is 0.0542. The number of hydrogen-bond acceptors (Lipinski definition) is 2. The third-order valence-electron chi connectivity index (χ3n) is 3.31. The maximum atomic E-state index is 13.6. The molecule has 106 valence electrons. The second-order valence-electron chi connectivity index (χ2n) is 5.06. The molecule has 0 aliphatic rings. The van der Waals surface area contributed by atoms with Crippen molar-refractivity contribution < 1.29 is 9.50 Å². The average Bonchev–Trinajstić information content (AvgIpc) is 2.48. The minimum Gasteiger partial charge on any atom is -0.392 e. The molecule has 1 atom stereocenters. The lowest BCUT2D eigenvalue weighted by atomic mass is 10.1. The zero-order chi connectivity index (χ0) is 14.4. The number of aliphatic hydroxyl groups excluding tert-OH is 1. The van der Waals surface area contributed by atoms with Gasteiger partial charge in [0.15, 0.2) is 0 Å². The smallest absolute Gasteiger partial charge is 0.126 e. The van der Waals surface area contributed by atoms with Gasteiger partial charge in [-0.05, 0) is 36.1 Å². The second-order valence-corrected chi connectivity index (χ2v) is 5.06. The molecule has 0 saturated heterocycles. The molecule has 0 spiro atoms. The molecule has 2 aromatic carbocycles. The Morgan fingerprint density at radius 3 is 2.60 bits per heavy atom. The van der Waals surface area contributed by atoms with E-state index in [9.17, 15) is 4.39 Å². The van der Waals surface area contributed by atoms with Gasteiger partial charge in [-0.15, -0.1) is 0 Å². The third kappa shape index (κ3) is 4.15. The van der Waals surface area contributed by atoms with Gasteiger partial charge in [-0.2, -0.15) is 0 Å². The summed E-state index contributed by atoms with van der Waals surface area (Å²) in [5, 5.41) is 12.5. The summed E-state index contributed by atoms with van der Waals surface area (Å²) in [7, 11) is 0. The van der Waals surface area contributed by atoms with Gasteiger partial charge in [-0.25, -0.2) is 4.39 Å². The molecule has 0 radical (unpaired) electrons. The van der Waals surface area contributed by atoms with E-state index in [1.807, 2.05) is 43.3 Å². The third-order valence-corrected chi connectivity index (χ3v) is 3.31. The van der Waals surface area contributed by atoms with Crippen LogP contribution in [0.15, 0.2) is 48.5 Å². The Morgan fingerprint density at radius 1 is 1.10 bits per heavy atom. The lowest BCUT2D eigenvalue weighted by molar-refractivity contribution is 0.281. The van der Waals surface area contributed by atoms with E-state index in [1.165, 1.54) is 6.07 Å². The molecule has 0 aliphatic heterocycles. The molecular weight excluding hydrogens is 253 g/mol. The molecule has 0 fully saturated rings. The molecule has 0 bridgehead atoms. The Hall–Kier alpha value is -1.71. The Labute approximate surface area is 119 Å². The maximum Gasteiger partial charge on any atom is 0.126 e. The zero-order valence-corrected chi connectivity index (χ0v) is 11.6. The number of rotatable bonds is 6. The Balaban J connectivity index is 1.89. The standard InChI is InChI=1S/C17H20FNO/c1-13(9-16-7-2-3-8-17(16)18)19-11-14-5-4-6-15(10-14)12-20/h2-8,10,13,19-20H,9,11-12H2,1H3. The lowest BCUT2D eigenvalue weighted by Gasteiger charge is -2.14. The van der Waals surface area contributed by atoms with Gasteiger partial charge in [0.2, 0.25) is 0 Å². The Bertz CT molecular complexity index is 556. The monoisotopic (exact) mass is 273 g/mol. The van der Waals surface area contributed by atoms with Crippen LogP contribution >= 0.6 is 0 Å². The summed E-state index contributed by atoms with van der Waals surface area (Å²) >= 11 is 0. The van der Waals surface area contributed by atoms with Gasteiger partial charge in [0.25, 0.3) is 0 Å². The predicted molar refractivity (Wildman–Crippen MR) is 78.8 cm³/mol. The van der Waals surface area contributed by atoms with Gasteiger partial charge in [-0.3, -0.25) is 0 Å². The fourth-order valence-electron chi connectivity index (χ4n) is 2.20. The first-order valence-electron chi connectivity index (χ1n) is 6.84. The molecule has 1 unspecified atom stereocenters. The highest BCUT2D eigenvalue weighted by molar-refractivity contribution is 5.23. The quantitative estimate of drug-likeness (QED) is 0.848. The average molecular weight is 273 g/mol. The number of hydrogen-bond donors (Lipinski definition) is 2. The molecule has 2 nitrogen and oxygen atoms in total. The number of benzene rings is 2. The second kappa shape index (κ2) is 7.17. The summed E-state index contributed by atoms with van der Waals surface area (Å²) in [6, 6.07) is 14.9. The highest BCUT2D eigenvalue weighted by atomic mass is 19.1. The lowest BCUT2D eigenvalue weighted by Crippen LogP contribution is -2.27. The van der Waals surface area contributed by atoms with Crippen LogP contribution in [-0.2, 0) is 19.6 Å². The summed E-state index contributed by atoms with van der Waals surface area (Å²) in [6.07, 6.45) is 0.659. The summed E-state index contributed by atoms with van der Waals surface area (Å²) in [6.45, 7) is 2.81. The van der Waals surface area contributed by atoms with Crippen molar-refractivity contribution in [1.29, 1.82) is 0 Å². The van der Waals surface area contributed by atoms with Crippen molar-refractivity contribution in [3.63, 3.8) is 0 Å². The van der Waals surface area contributed by atoms with Crippen LogP contribution < -0.4 is 5.32 Å². The first-order valence-corrected chi connectivity index (χ1v) is 6.84. The topological polar surface area (TPSA) is 32.3 Å². The van der Waals surface area contributed by atoms with Gasteiger partial charge in [0.05, 0.1) is 6.61 Å². The summed E-state index contributed by atoms with van der Waals surface area (Å²) in [5.74, 6) is -0.150. The van der Waals surface area contributed by atoms with Gasteiger partial charge in [-0.1, -0.05) is 42.5 Å². The molecule has 0 aromatic heterocycles. The molecule has 2 N–H and O–H groups in total. The van der Waals surface area contributed by atoms with Gasteiger partial charge >= 0.3 is 0 Å². The molecule has 0 saturated carbocycles. The van der Waals surface area contributed by atoms with Crippen molar-refractivity contribution in [2.24, 2.45) is 0 Å². The number of halogens is 1. The fourth-order valence-corrected chi connectivity index (χ4v) is 2.20. The highest BCUT2D eigenvalue weighted by Crippen LogP contribution is 2.10. The van der Waals surface area contributed by atoms with Crippen LogP contribution in [0.5, 0.6) is 0 Å². The van der Waals surface area contributed by atoms with Crippen molar-refractivity contribution in [2.75, 3.05) is 0 Å². The zero-order valence-electron chi connectivity index (χ0n) is 11.6. The van der Waals surface area contributed by atoms with Crippen LogP contribution in [-0.4, -0.2) is 11.1 Å². The molecule has 0 amide bonds. The van der Waals surface area contributed by atoms with Crippen molar-refractivity contribution in [2.45, 2.75) is 32.5 Å². The minimum atomic E-state index is -0.150. The van der Waals surface area contributed by atoms with Crippen LogP contribution in [0.4, 0.5) is 4.39 Å². The normalized spacial score (nSPS) is 12.3. The van der Waals surface area contributed by atoms with Crippen LogP contribution in [0.25, 0.3) is 0 Å². The molecular formula is C17H20FNO. The van der Waals surface area contributed by atoms with Crippen molar-refractivity contribution in [1.82, 2.24) is 5.32 Å². The highest BCUT2D eigenvalue weighted by Gasteiger charge is 2.07. The van der Waals surface area contributed by atoms with Crippen molar-refractivity contribution >= 4 is 0 Å². The Morgan fingerprint density at radius 2 is 1.85 bits per heavy atom. The van der Waals surface area contributed by atoms with E-state index in [4.69, 9.17) is 5.11 Å². The van der Waals surface area contributed by atoms with E-state index in [-0.39, 0.29) is 18.5 Å². The number of nitrogens with one attached hydrogen (secondary N) is 1. The molecule has 3 heteroatoms. The summed E-state index contributed by atoms with van der Waals surface area (Å²) in [4.78, 5) is 0. The maximum absolute atomic E-state index is 13.6. The van der Waals surface area contributed by atoms with E-state index >= 15 is 0 Å². The van der Waals surface area contributed by atoms with Gasteiger partial charge < -0.3 is 10.4 Å². The van der Waals surface area contributed by atoms with Crippen molar-refractivity contribution in [3.05, 3.63) is 71.0 Å². The summed E-state index contributed by atoms with van der Waals surface area (Å²) < 4.78 is 13.6. The molecule has 20 heavy (non-hydrogen) atoms. The van der Waals surface area contributed by atoms with Crippen LogP contribution in [0, 0.1) is 5.82 Å². The van der Waals surface area contributed by atoms with Crippen LogP contribution in [0.3, 0.4) is 0 Å². The molecule has 0 aliphatic carbocycles. The SMILES string of the molecule is CC(Cc1ccccc1F)NCc1cccc(CO)c1. The molecule has 2 aromatic rings. The van der Waals surface area contributed by atoms with Gasteiger partial charge in [0.1, 0.15) is 5.82 Å². The van der Waals surface area contributed by atoms with Crippen LogP contribution in [0.1, 0.15) is 23.6 Å². The van der Waals surface area contributed by atoms with Crippen LogP contribution in [0.2, 0.25) is 0 Å². The van der Waals surface area contributed by atoms with E-state index in [0.29, 0.717) is 13.0 Å². The Kier molecular flexibility index (Phi) is 5.27. The van der Waals surface area contributed by atoms with Gasteiger partial charge in [0, 0.05) is 12.6 Å². The molecule has 2 rings (SSSR count). The van der Waals surface area contributed by atoms with E-state index in [0.717, 1.165) is 16.7 Å². The fraction of sp³-hybridized carbons (Fsp3) is 0.294. The largest absolute Gasteiger partial charge is 0.392 e. The van der Waals surface area contributed by atoms with E-state index in [2.05, 4.69) is 5.32 Å². The predicted octanol–water partition coefficient (Wildman–Crippen LogP) is 3.04.